The van der Waals surface area contributed by atoms with Gasteiger partial charge in [0.05, 0.1) is 0 Å². The van der Waals surface area contributed by atoms with Crippen molar-refractivity contribution in [1.29, 1.82) is 0 Å². The highest BCUT2D eigenvalue weighted by atomic mass is 16.5. The summed E-state index contributed by atoms with van der Waals surface area (Å²) in [5, 5.41) is 2.76. The highest BCUT2D eigenvalue weighted by Crippen LogP contribution is 2.16. The van der Waals surface area contributed by atoms with E-state index >= 15 is 0 Å². The van der Waals surface area contributed by atoms with Crippen LogP contribution >= 0.6 is 0 Å². The fourth-order valence-electron chi connectivity index (χ4n) is 1.67. The molecule has 2 rings (SSSR count). The fraction of sp³-hybridized carbons (Fsp3) is 0.286. The quantitative estimate of drug-likeness (QED) is 0.831. The molecule has 0 aliphatic rings. The Kier molecular flexibility index (Phi) is 4.73. The number of ether oxygens (including phenoxy) is 1. The lowest BCUT2D eigenvalue weighted by atomic mass is 10.3. The second kappa shape index (κ2) is 6.72. The van der Waals surface area contributed by atoms with Gasteiger partial charge in [-0.25, -0.2) is 4.98 Å². The molecule has 1 aromatic heterocycles. The molecule has 1 aromatic carbocycles. The molecular formula is C14H18N4O2. The van der Waals surface area contributed by atoms with E-state index in [1.54, 1.807) is 30.5 Å². The highest BCUT2D eigenvalue weighted by Gasteiger charge is 2.03. The van der Waals surface area contributed by atoms with Gasteiger partial charge >= 0.3 is 0 Å². The van der Waals surface area contributed by atoms with Crippen molar-refractivity contribution in [3.63, 3.8) is 0 Å². The summed E-state index contributed by atoms with van der Waals surface area (Å²) in [6, 6.07) is 7.20. The topological polar surface area (TPSA) is 82.2 Å². The Morgan fingerprint density at radius 3 is 2.75 bits per heavy atom. The van der Waals surface area contributed by atoms with Gasteiger partial charge in [0.2, 0.25) is 5.91 Å². The lowest BCUT2D eigenvalue weighted by molar-refractivity contribution is -0.116. The van der Waals surface area contributed by atoms with Crippen molar-refractivity contribution in [2.45, 2.75) is 13.0 Å². The van der Waals surface area contributed by atoms with Crippen LogP contribution in [0.1, 0.15) is 12.2 Å². The molecular weight excluding hydrogens is 256 g/mol. The molecule has 0 saturated carbocycles. The van der Waals surface area contributed by atoms with E-state index < -0.39 is 0 Å². The second-order valence-corrected chi connectivity index (χ2v) is 4.35. The molecule has 6 heteroatoms. The number of carbonyl (C=O) groups is 1. The monoisotopic (exact) mass is 274 g/mol. The number of anilines is 1. The van der Waals surface area contributed by atoms with Crippen LogP contribution in [0.15, 0.2) is 36.7 Å². The second-order valence-electron chi connectivity index (χ2n) is 4.35. The van der Waals surface area contributed by atoms with Gasteiger partial charge in [-0.3, -0.25) is 4.79 Å². The summed E-state index contributed by atoms with van der Waals surface area (Å²) in [7, 11) is 1.92. The van der Waals surface area contributed by atoms with E-state index in [2.05, 4.69) is 10.3 Å². The normalized spacial score (nSPS) is 10.3. The van der Waals surface area contributed by atoms with Crippen molar-refractivity contribution < 1.29 is 9.53 Å². The summed E-state index contributed by atoms with van der Waals surface area (Å²) in [4.78, 5) is 15.6. The van der Waals surface area contributed by atoms with E-state index in [9.17, 15) is 4.79 Å². The van der Waals surface area contributed by atoms with Gasteiger partial charge in [-0.05, 0) is 24.3 Å². The van der Waals surface area contributed by atoms with Gasteiger partial charge in [0.25, 0.3) is 0 Å². The van der Waals surface area contributed by atoms with Crippen LogP contribution in [0.4, 0.5) is 5.69 Å². The average molecular weight is 274 g/mol. The number of nitrogens with zero attached hydrogens (tertiary/aromatic N) is 2. The Balaban J connectivity index is 1.88. The third-order valence-electron chi connectivity index (χ3n) is 2.80. The number of aryl methyl sites for hydroxylation is 1. The molecule has 20 heavy (non-hydrogen) atoms. The number of carbonyl (C=O) groups excluding carboxylic acids is 1. The first kappa shape index (κ1) is 14.1. The van der Waals surface area contributed by atoms with Crippen molar-refractivity contribution in [1.82, 2.24) is 9.55 Å². The van der Waals surface area contributed by atoms with Crippen LogP contribution in [0.3, 0.4) is 0 Å². The van der Waals surface area contributed by atoms with Crippen molar-refractivity contribution in [3.8, 4) is 5.75 Å². The van der Waals surface area contributed by atoms with Crippen LogP contribution in [0.25, 0.3) is 0 Å². The maximum absolute atomic E-state index is 11.4. The summed E-state index contributed by atoms with van der Waals surface area (Å²) in [5.41, 5.74) is 6.05. The highest BCUT2D eigenvalue weighted by molar-refractivity contribution is 5.90. The van der Waals surface area contributed by atoms with Gasteiger partial charge in [0.15, 0.2) is 0 Å². The summed E-state index contributed by atoms with van der Waals surface area (Å²) in [5.74, 6) is 1.49. The molecule has 0 radical (unpaired) electrons. The molecule has 0 aliphatic carbocycles. The van der Waals surface area contributed by atoms with Gasteiger partial charge in [-0.1, -0.05) is 0 Å². The number of nitrogens with two attached hydrogens (primary N) is 1. The van der Waals surface area contributed by atoms with Gasteiger partial charge < -0.3 is 20.4 Å². The molecule has 0 unspecified atom stereocenters. The minimum absolute atomic E-state index is 0.0887. The van der Waals surface area contributed by atoms with E-state index in [-0.39, 0.29) is 5.91 Å². The average Bonchev–Trinajstić information content (AvgIpc) is 2.84. The Morgan fingerprint density at radius 1 is 1.40 bits per heavy atom. The van der Waals surface area contributed by atoms with Crippen LogP contribution in [0.5, 0.6) is 5.75 Å². The number of imidazole rings is 1. The zero-order valence-corrected chi connectivity index (χ0v) is 11.4. The van der Waals surface area contributed by atoms with Gasteiger partial charge in [-0.15, -0.1) is 0 Å². The molecule has 3 N–H and O–H groups in total. The number of rotatable bonds is 6. The lowest BCUT2D eigenvalue weighted by Crippen LogP contribution is -2.16. The van der Waals surface area contributed by atoms with E-state index in [0.717, 1.165) is 17.3 Å². The van der Waals surface area contributed by atoms with Crippen molar-refractivity contribution >= 4 is 11.6 Å². The minimum atomic E-state index is -0.0887. The van der Waals surface area contributed by atoms with Crippen molar-refractivity contribution in [3.05, 3.63) is 42.5 Å². The molecule has 106 valence electrons. The van der Waals surface area contributed by atoms with E-state index in [4.69, 9.17) is 10.5 Å². The van der Waals surface area contributed by atoms with E-state index in [1.807, 2.05) is 17.8 Å². The van der Waals surface area contributed by atoms with Crippen LogP contribution in [0, 0.1) is 0 Å². The third kappa shape index (κ3) is 3.83. The Labute approximate surface area is 117 Å². The minimum Gasteiger partial charge on any atom is -0.486 e. The van der Waals surface area contributed by atoms with Crippen molar-refractivity contribution in [2.24, 2.45) is 12.8 Å². The van der Waals surface area contributed by atoms with Crippen LogP contribution in [-0.2, 0) is 18.4 Å². The van der Waals surface area contributed by atoms with Crippen LogP contribution in [-0.4, -0.2) is 22.0 Å². The molecule has 0 spiro atoms. The molecule has 1 heterocycles. The predicted octanol–water partition coefficient (Wildman–Crippen LogP) is 1.29. The smallest absolute Gasteiger partial charge is 0.225 e. The molecule has 0 aliphatic heterocycles. The molecule has 6 nitrogen and oxygen atoms in total. The first-order valence-electron chi connectivity index (χ1n) is 6.38. The predicted molar refractivity (Wildman–Crippen MR) is 76.3 cm³/mol. The standard InChI is InChI=1S/C14H18N4O2/c1-18-9-8-16-13(18)10-20-12-4-2-11(3-5-12)17-14(19)6-7-15/h2-5,8-9H,6-7,10,15H2,1H3,(H,17,19). The molecule has 2 aromatic rings. The Bertz CT molecular complexity index is 563. The molecule has 0 saturated heterocycles. The SMILES string of the molecule is Cn1ccnc1COc1ccc(NC(=O)CCN)cc1. The Morgan fingerprint density at radius 2 is 2.15 bits per heavy atom. The fourth-order valence-corrected chi connectivity index (χ4v) is 1.67. The largest absolute Gasteiger partial charge is 0.486 e. The Hall–Kier alpha value is -2.34. The van der Waals surface area contributed by atoms with Gasteiger partial charge in [0, 0.05) is 38.1 Å². The molecule has 0 fully saturated rings. The maximum Gasteiger partial charge on any atom is 0.225 e. The summed E-state index contributed by atoms with van der Waals surface area (Å²) in [6.45, 7) is 0.749. The van der Waals surface area contributed by atoms with Gasteiger partial charge in [-0.2, -0.15) is 0 Å². The summed E-state index contributed by atoms with van der Waals surface area (Å²) < 4.78 is 7.53. The first-order chi connectivity index (χ1) is 9.69. The van der Waals surface area contributed by atoms with E-state index in [1.165, 1.54) is 0 Å². The number of aromatic nitrogens is 2. The van der Waals surface area contributed by atoms with Crippen LogP contribution < -0.4 is 15.8 Å². The lowest BCUT2D eigenvalue weighted by Gasteiger charge is -2.08. The summed E-state index contributed by atoms with van der Waals surface area (Å²) in [6.07, 6.45) is 3.92. The molecule has 1 amide bonds. The van der Waals surface area contributed by atoms with Crippen LogP contribution in [0.2, 0.25) is 0 Å². The van der Waals surface area contributed by atoms with E-state index in [0.29, 0.717) is 19.6 Å². The molecule has 0 atom stereocenters. The number of hydrogen-bond donors (Lipinski definition) is 2. The number of amides is 1. The number of nitrogens with one attached hydrogen (secondary N) is 1. The number of hydrogen-bond acceptors (Lipinski definition) is 4. The number of benzene rings is 1. The maximum atomic E-state index is 11.4. The third-order valence-corrected chi connectivity index (χ3v) is 2.80. The van der Waals surface area contributed by atoms with Gasteiger partial charge in [0.1, 0.15) is 18.2 Å². The zero-order chi connectivity index (χ0) is 14.4. The summed E-state index contributed by atoms with van der Waals surface area (Å²) >= 11 is 0. The van der Waals surface area contributed by atoms with Crippen molar-refractivity contribution in [2.75, 3.05) is 11.9 Å². The zero-order valence-electron chi connectivity index (χ0n) is 11.4. The first-order valence-corrected chi connectivity index (χ1v) is 6.38. The molecule has 0 bridgehead atoms.